The lowest BCUT2D eigenvalue weighted by Crippen LogP contribution is -2.24. The molecule has 0 spiro atoms. The molecule has 3 atom stereocenters. The van der Waals surface area contributed by atoms with Crippen LogP contribution in [0.3, 0.4) is 0 Å². The fourth-order valence-corrected chi connectivity index (χ4v) is 3.02. The van der Waals surface area contributed by atoms with Crippen molar-refractivity contribution >= 4 is 0 Å². The smallest absolute Gasteiger partial charge is 0.00705 e. The summed E-state index contributed by atoms with van der Waals surface area (Å²) in [5.41, 5.74) is 11.9. The SMILES string of the molecule is Cc1cc(C)c(C2CCC(N)C2C)cc1C. The van der Waals surface area contributed by atoms with E-state index in [4.69, 9.17) is 5.73 Å². The van der Waals surface area contributed by atoms with E-state index in [0.717, 1.165) is 0 Å². The first-order valence-electron chi connectivity index (χ1n) is 6.34. The Kier molecular flexibility index (Phi) is 3.07. The number of rotatable bonds is 1. The molecule has 1 heteroatoms. The summed E-state index contributed by atoms with van der Waals surface area (Å²) in [7, 11) is 0. The first-order chi connectivity index (χ1) is 7.50. The van der Waals surface area contributed by atoms with Gasteiger partial charge in [-0.2, -0.15) is 0 Å². The van der Waals surface area contributed by atoms with Gasteiger partial charge in [0, 0.05) is 6.04 Å². The van der Waals surface area contributed by atoms with Crippen LogP contribution in [0.5, 0.6) is 0 Å². The highest BCUT2D eigenvalue weighted by atomic mass is 14.7. The molecule has 1 aromatic rings. The van der Waals surface area contributed by atoms with Gasteiger partial charge in [0.05, 0.1) is 0 Å². The Morgan fingerprint density at radius 3 is 2.19 bits per heavy atom. The molecular formula is C15H23N. The van der Waals surface area contributed by atoms with Crippen molar-refractivity contribution in [1.82, 2.24) is 0 Å². The average Bonchev–Trinajstić information content (AvgIpc) is 2.54. The molecule has 1 fully saturated rings. The quantitative estimate of drug-likeness (QED) is 0.766. The second-order valence-electron chi connectivity index (χ2n) is 5.50. The van der Waals surface area contributed by atoms with E-state index in [1.165, 1.54) is 35.1 Å². The van der Waals surface area contributed by atoms with Crippen LogP contribution in [0.15, 0.2) is 12.1 Å². The highest BCUT2D eigenvalue weighted by molar-refractivity contribution is 5.39. The molecule has 3 unspecified atom stereocenters. The van der Waals surface area contributed by atoms with Gasteiger partial charge in [-0.15, -0.1) is 0 Å². The predicted octanol–water partition coefficient (Wildman–Crippen LogP) is 3.45. The van der Waals surface area contributed by atoms with Gasteiger partial charge in [-0.1, -0.05) is 19.1 Å². The van der Waals surface area contributed by atoms with Crippen molar-refractivity contribution in [3.63, 3.8) is 0 Å². The van der Waals surface area contributed by atoms with E-state index in [9.17, 15) is 0 Å². The Hall–Kier alpha value is -0.820. The minimum absolute atomic E-state index is 0.394. The number of benzene rings is 1. The Labute approximate surface area is 99.0 Å². The maximum atomic E-state index is 6.12. The Morgan fingerprint density at radius 1 is 1.00 bits per heavy atom. The first kappa shape index (κ1) is 11.7. The largest absolute Gasteiger partial charge is 0.327 e. The molecule has 1 saturated carbocycles. The van der Waals surface area contributed by atoms with Crippen LogP contribution in [-0.2, 0) is 0 Å². The Morgan fingerprint density at radius 2 is 1.62 bits per heavy atom. The van der Waals surface area contributed by atoms with Crippen molar-refractivity contribution in [3.05, 3.63) is 34.4 Å². The third-order valence-electron chi connectivity index (χ3n) is 4.40. The van der Waals surface area contributed by atoms with Crippen LogP contribution < -0.4 is 5.73 Å². The Balaban J connectivity index is 2.37. The summed E-state index contributed by atoms with van der Waals surface area (Å²) in [4.78, 5) is 0. The summed E-state index contributed by atoms with van der Waals surface area (Å²) in [5, 5.41) is 0. The van der Waals surface area contributed by atoms with Crippen LogP contribution in [0.25, 0.3) is 0 Å². The summed E-state index contributed by atoms with van der Waals surface area (Å²) < 4.78 is 0. The van der Waals surface area contributed by atoms with Gasteiger partial charge in [-0.25, -0.2) is 0 Å². The molecule has 2 rings (SSSR count). The van der Waals surface area contributed by atoms with Crippen molar-refractivity contribution in [2.24, 2.45) is 11.7 Å². The normalized spacial score (nSPS) is 29.7. The van der Waals surface area contributed by atoms with Gasteiger partial charge in [0.1, 0.15) is 0 Å². The van der Waals surface area contributed by atoms with Gasteiger partial charge in [0.2, 0.25) is 0 Å². The van der Waals surface area contributed by atoms with Crippen LogP contribution in [0, 0.1) is 26.7 Å². The number of hydrogen-bond donors (Lipinski definition) is 1. The molecule has 1 aromatic carbocycles. The van der Waals surface area contributed by atoms with E-state index in [1.54, 1.807) is 0 Å². The van der Waals surface area contributed by atoms with Gasteiger partial charge in [-0.3, -0.25) is 0 Å². The summed E-state index contributed by atoms with van der Waals surface area (Å²) >= 11 is 0. The fourth-order valence-electron chi connectivity index (χ4n) is 3.02. The molecule has 0 bridgehead atoms. The topological polar surface area (TPSA) is 26.0 Å². The number of hydrogen-bond acceptors (Lipinski definition) is 1. The van der Waals surface area contributed by atoms with E-state index < -0.39 is 0 Å². The minimum Gasteiger partial charge on any atom is -0.327 e. The van der Waals surface area contributed by atoms with Crippen molar-refractivity contribution in [2.75, 3.05) is 0 Å². The molecule has 16 heavy (non-hydrogen) atoms. The average molecular weight is 217 g/mol. The third-order valence-corrected chi connectivity index (χ3v) is 4.40. The fraction of sp³-hybridized carbons (Fsp3) is 0.600. The summed E-state index contributed by atoms with van der Waals surface area (Å²) in [6.07, 6.45) is 2.43. The summed E-state index contributed by atoms with van der Waals surface area (Å²) in [5.74, 6) is 1.30. The second-order valence-corrected chi connectivity index (χ2v) is 5.50. The van der Waals surface area contributed by atoms with Crippen molar-refractivity contribution in [1.29, 1.82) is 0 Å². The van der Waals surface area contributed by atoms with E-state index in [0.29, 0.717) is 17.9 Å². The molecule has 1 nitrogen and oxygen atoms in total. The van der Waals surface area contributed by atoms with Crippen molar-refractivity contribution in [3.8, 4) is 0 Å². The second kappa shape index (κ2) is 4.21. The summed E-state index contributed by atoms with van der Waals surface area (Å²) in [6.45, 7) is 8.93. The van der Waals surface area contributed by atoms with E-state index >= 15 is 0 Å². The number of aryl methyl sites for hydroxylation is 3. The highest BCUT2D eigenvalue weighted by Gasteiger charge is 2.32. The molecule has 1 aliphatic carbocycles. The zero-order valence-corrected chi connectivity index (χ0v) is 10.9. The summed E-state index contributed by atoms with van der Waals surface area (Å²) in [6, 6.07) is 5.09. The molecule has 0 radical (unpaired) electrons. The molecule has 0 amide bonds. The zero-order chi connectivity index (χ0) is 11.9. The molecule has 0 heterocycles. The van der Waals surface area contributed by atoms with E-state index in [1.807, 2.05) is 0 Å². The molecule has 0 aliphatic heterocycles. The van der Waals surface area contributed by atoms with E-state index in [2.05, 4.69) is 39.8 Å². The van der Waals surface area contributed by atoms with Crippen LogP contribution >= 0.6 is 0 Å². The van der Waals surface area contributed by atoms with Gasteiger partial charge in [-0.05, 0) is 67.7 Å². The lowest BCUT2D eigenvalue weighted by molar-refractivity contribution is 0.478. The molecule has 2 N–H and O–H groups in total. The lowest BCUT2D eigenvalue weighted by Gasteiger charge is -2.21. The highest BCUT2D eigenvalue weighted by Crippen LogP contribution is 2.40. The first-order valence-corrected chi connectivity index (χ1v) is 6.34. The monoisotopic (exact) mass is 217 g/mol. The molecule has 0 aromatic heterocycles. The molecule has 0 saturated heterocycles. The third kappa shape index (κ3) is 1.89. The van der Waals surface area contributed by atoms with Gasteiger partial charge < -0.3 is 5.73 Å². The van der Waals surface area contributed by atoms with Gasteiger partial charge in [0.15, 0.2) is 0 Å². The van der Waals surface area contributed by atoms with Crippen LogP contribution in [0.4, 0.5) is 0 Å². The zero-order valence-electron chi connectivity index (χ0n) is 10.9. The van der Waals surface area contributed by atoms with Crippen LogP contribution in [-0.4, -0.2) is 6.04 Å². The molecular weight excluding hydrogens is 194 g/mol. The van der Waals surface area contributed by atoms with Crippen molar-refractivity contribution in [2.45, 2.75) is 52.5 Å². The maximum absolute atomic E-state index is 6.12. The van der Waals surface area contributed by atoms with Crippen LogP contribution in [0.2, 0.25) is 0 Å². The van der Waals surface area contributed by atoms with E-state index in [-0.39, 0.29) is 0 Å². The number of nitrogens with two attached hydrogens (primary N) is 1. The minimum atomic E-state index is 0.394. The maximum Gasteiger partial charge on any atom is 0.00705 e. The molecule has 1 aliphatic rings. The lowest BCUT2D eigenvalue weighted by atomic mass is 9.85. The van der Waals surface area contributed by atoms with Gasteiger partial charge >= 0.3 is 0 Å². The predicted molar refractivity (Wildman–Crippen MR) is 69.8 cm³/mol. The Bertz CT molecular complexity index is 395. The van der Waals surface area contributed by atoms with Gasteiger partial charge in [0.25, 0.3) is 0 Å². The van der Waals surface area contributed by atoms with Crippen molar-refractivity contribution < 1.29 is 0 Å². The molecule has 88 valence electrons. The standard InChI is InChI=1S/C15H23N/c1-9-7-11(3)14(8-10(9)2)13-5-6-15(16)12(13)4/h7-8,12-13,15H,5-6,16H2,1-4H3. The van der Waals surface area contributed by atoms with Crippen LogP contribution in [0.1, 0.15) is 47.9 Å².